The van der Waals surface area contributed by atoms with Gasteiger partial charge in [0, 0.05) is 5.56 Å². The van der Waals surface area contributed by atoms with Crippen LogP contribution in [0.2, 0.25) is 0 Å². The maximum Gasteiger partial charge on any atom is 0.418 e. The van der Waals surface area contributed by atoms with Crippen molar-refractivity contribution < 1.29 is 22.0 Å². The van der Waals surface area contributed by atoms with Crippen molar-refractivity contribution in [3.8, 4) is 11.3 Å². The Morgan fingerprint density at radius 2 is 1.74 bits per heavy atom. The Bertz CT molecular complexity index is 622. The third-order valence-corrected chi connectivity index (χ3v) is 2.40. The van der Waals surface area contributed by atoms with Crippen LogP contribution in [0, 0.1) is 11.6 Å². The van der Waals surface area contributed by atoms with E-state index in [1.54, 1.807) is 0 Å². The molecule has 7 heteroatoms. The van der Waals surface area contributed by atoms with Crippen LogP contribution < -0.4 is 5.73 Å². The van der Waals surface area contributed by atoms with Gasteiger partial charge in [-0.1, -0.05) is 0 Å². The lowest BCUT2D eigenvalue weighted by Gasteiger charge is -2.13. The molecule has 0 amide bonds. The Balaban J connectivity index is 2.72. The fraction of sp³-hybridized carbons (Fsp3) is 0.0833. The minimum atomic E-state index is -4.77. The molecule has 0 atom stereocenters. The third-order valence-electron chi connectivity index (χ3n) is 2.40. The molecular weight excluding hydrogens is 267 g/mol. The monoisotopic (exact) mass is 274 g/mol. The Morgan fingerprint density at radius 3 is 2.37 bits per heavy atom. The first-order valence-corrected chi connectivity index (χ1v) is 5.07. The van der Waals surface area contributed by atoms with Crippen LogP contribution in [0.15, 0.2) is 30.5 Å². The highest BCUT2D eigenvalue weighted by Gasteiger charge is 2.35. The Kier molecular flexibility index (Phi) is 3.13. The molecule has 0 saturated carbocycles. The van der Waals surface area contributed by atoms with E-state index >= 15 is 0 Å². The summed E-state index contributed by atoms with van der Waals surface area (Å²) in [5.74, 6) is -1.85. The second kappa shape index (κ2) is 4.49. The van der Waals surface area contributed by atoms with Crippen LogP contribution >= 0.6 is 0 Å². The first-order valence-electron chi connectivity index (χ1n) is 5.07. The molecule has 0 unspecified atom stereocenters. The molecule has 0 saturated heterocycles. The predicted octanol–water partition coefficient (Wildman–Crippen LogP) is 3.63. The van der Waals surface area contributed by atoms with E-state index in [0.717, 1.165) is 18.3 Å². The average Bonchev–Trinajstić information content (AvgIpc) is 2.31. The van der Waals surface area contributed by atoms with Crippen molar-refractivity contribution in [1.29, 1.82) is 0 Å². The van der Waals surface area contributed by atoms with Crippen LogP contribution in [0.1, 0.15) is 5.56 Å². The third kappa shape index (κ3) is 2.64. The normalized spacial score (nSPS) is 11.6. The molecule has 19 heavy (non-hydrogen) atoms. The average molecular weight is 274 g/mol. The van der Waals surface area contributed by atoms with Crippen molar-refractivity contribution in [3.05, 3.63) is 47.7 Å². The van der Waals surface area contributed by atoms with E-state index in [9.17, 15) is 22.0 Å². The summed E-state index contributed by atoms with van der Waals surface area (Å²) in [6.07, 6.45) is -3.81. The van der Waals surface area contributed by atoms with Gasteiger partial charge in [0.25, 0.3) is 0 Å². The first kappa shape index (κ1) is 13.3. The lowest BCUT2D eigenvalue weighted by atomic mass is 10.0. The second-order valence-corrected chi connectivity index (χ2v) is 3.79. The highest BCUT2D eigenvalue weighted by Crippen LogP contribution is 2.37. The van der Waals surface area contributed by atoms with E-state index in [-0.39, 0.29) is 5.69 Å². The van der Waals surface area contributed by atoms with Gasteiger partial charge in [0.1, 0.15) is 11.6 Å². The van der Waals surface area contributed by atoms with Gasteiger partial charge < -0.3 is 5.73 Å². The summed E-state index contributed by atoms with van der Waals surface area (Å²) in [4.78, 5) is 3.47. The largest absolute Gasteiger partial charge is 0.418 e. The van der Waals surface area contributed by atoms with Crippen molar-refractivity contribution >= 4 is 5.69 Å². The zero-order chi connectivity index (χ0) is 14.2. The summed E-state index contributed by atoms with van der Waals surface area (Å²) in [6.45, 7) is 0. The molecule has 100 valence electrons. The number of benzene rings is 1. The number of hydrogen-bond donors (Lipinski definition) is 1. The molecule has 1 aromatic carbocycles. The molecule has 2 N–H and O–H groups in total. The van der Waals surface area contributed by atoms with Crippen molar-refractivity contribution in [2.75, 3.05) is 5.73 Å². The first-order chi connectivity index (χ1) is 8.79. The molecule has 1 aromatic heterocycles. The van der Waals surface area contributed by atoms with Gasteiger partial charge in [-0.25, -0.2) is 8.78 Å². The van der Waals surface area contributed by atoms with Gasteiger partial charge in [0.2, 0.25) is 0 Å². The molecule has 2 aromatic rings. The van der Waals surface area contributed by atoms with Gasteiger partial charge >= 0.3 is 6.18 Å². The molecular formula is C12H7F5N2. The maximum absolute atomic E-state index is 13.5. The Hall–Kier alpha value is -2.18. The molecule has 0 radical (unpaired) electrons. The lowest BCUT2D eigenvalue weighted by molar-refractivity contribution is -0.137. The van der Waals surface area contributed by atoms with E-state index in [4.69, 9.17) is 5.73 Å². The number of anilines is 1. The van der Waals surface area contributed by atoms with Gasteiger partial charge in [-0.3, -0.25) is 4.98 Å². The van der Waals surface area contributed by atoms with Crippen LogP contribution in [0.25, 0.3) is 11.3 Å². The fourth-order valence-corrected chi connectivity index (χ4v) is 1.59. The standard InChI is InChI=1S/C12H7F5N2/c13-6-1-2-10(14)8(3-6)11-9(12(15,16)17)4-7(18)5-19-11/h1-5H,18H2. The van der Waals surface area contributed by atoms with Crippen LogP contribution in [-0.4, -0.2) is 4.98 Å². The van der Waals surface area contributed by atoms with Crippen LogP contribution in [0.4, 0.5) is 27.6 Å². The van der Waals surface area contributed by atoms with Crippen LogP contribution in [-0.2, 0) is 6.18 Å². The van der Waals surface area contributed by atoms with E-state index in [2.05, 4.69) is 4.98 Å². The summed E-state index contributed by atoms with van der Waals surface area (Å²) in [6, 6.07) is 2.84. The topological polar surface area (TPSA) is 38.9 Å². The van der Waals surface area contributed by atoms with Gasteiger partial charge in [-0.15, -0.1) is 0 Å². The molecule has 0 fully saturated rings. The zero-order valence-corrected chi connectivity index (χ0v) is 9.30. The summed E-state index contributed by atoms with van der Waals surface area (Å²) < 4.78 is 65.1. The van der Waals surface area contributed by atoms with E-state index < -0.39 is 34.6 Å². The van der Waals surface area contributed by atoms with Gasteiger partial charge in [-0.05, 0) is 24.3 Å². The summed E-state index contributed by atoms with van der Waals surface area (Å²) in [7, 11) is 0. The summed E-state index contributed by atoms with van der Waals surface area (Å²) >= 11 is 0. The quantitative estimate of drug-likeness (QED) is 0.806. The van der Waals surface area contributed by atoms with Crippen LogP contribution in [0.3, 0.4) is 0 Å². The molecule has 1 heterocycles. The number of hydrogen-bond acceptors (Lipinski definition) is 2. The van der Waals surface area contributed by atoms with Gasteiger partial charge in [-0.2, -0.15) is 13.2 Å². The van der Waals surface area contributed by atoms with Crippen molar-refractivity contribution in [1.82, 2.24) is 4.98 Å². The molecule has 0 bridgehead atoms. The fourth-order valence-electron chi connectivity index (χ4n) is 1.59. The maximum atomic E-state index is 13.5. The number of pyridine rings is 1. The van der Waals surface area contributed by atoms with Gasteiger partial charge in [0.15, 0.2) is 0 Å². The van der Waals surface area contributed by atoms with Gasteiger partial charge in [0.05, 0.1) is 23.1 Å². The smallest absolute Gasteiger partial charge is 0.397 e. The molecule has 0 spiro atoms. The SMILES string of the molecule is Nc1cnc(-c2cc(F)ccc2F)c(C(F)(F)F)c1. The lowest BCUT2D eigenvalue weighted by Crippen LogP contribution is -2.10. The summed E-state index contributed by atoms with van der Waals surface area (Å²) in [5, 5.41) is 0. The van der Waals surface area contributed by atoms with E-state index in [1.807, 2.05) is 0 Å². The number of nitrogen functional groups attached to an aromatic ring is 1. The van der Waals surface area contributed by atoms with E-state index in [1.165, 1.54) is 0 Å². The zero-order valence-electron chi connectivity index (χ0n) is 9.30. The van der Waals surface area contributed by atoms with Crippen molar-refractivity contribution in [3.63, 3.8) is 0 Å². The second-order valence-electron chi connectivity index (χ2n) is 3.79. The summed E-state index contributed by atoms with van der Waals surface area (Å²) in [5.41, 5.74) is 2.56. The number of nitrogens with two attached hydrogens (primary N) is 1. The molecule has 0 aliphatic rings. The Labute approximate surface area is 104 Å². The number of nitrogens with zero attached hydrogens (tertiary/aromatic N) is 1. The van der Waals surface area contributed by atoms with Crippen LogP contribution in [0.5, 0.6) is 0 Å². The minimum absolute atomic E-state index is 0.215. The molecule has 2 rings (SSSR count). The minimum Gasteiger partial charge on any atom is -0.397 e. The predicted molar refractivity (Wildman–Crippen MR) is 59.0 cm³/mol. The number of halogens is 5. The highest BCUT2D eigenvalue weighted by atomic mass is 19.4. The van der Waals surface area contributed by atoms with E-state index in [0.29, 0.717) is 12.1 Å². The van der Waals surface area contributed by atoms with Crippen molar-refractivity contribution in [2.45, 2.75) is 6.18 Å². The molecule has 0 aliphatic carbocycles. The molecule has 2 nitrogen and oxygen atoms in total. The Morgan fingerprint density at radius 1 is 1.05 bits per heavy atom. The number of alkyl halides is 3. The number of aromatic nitrogens is 1. The number of rotatable bonds is 1. The highest BCUT2D eigenvalue weighted by molar-refractivity contribution is 5.66. The van der Waals surface area contributed by atoms with Crippen molar-refractivity contribution in [2.24, 2.45) is 0 Å². The molecule has 0 aliphatic heterocycles.